The van der Waals surface area contributed by atoms with Crippen molar-refractivity contribution in [3.63, 3.8) is 0 Å². The number of amides is 1. The van der Waals surface area contributed by atoms with Gasteiger partial charge in [-0.25, -0.2) is 4.98 Å². The summed E-state index contributed by atoms with van der Waals surface area (Å²) >= 11 is 0. The number of likely N-dealkylation sites (N-methyl/N-ethyl adjacent to an activating group) is 1. The molecule has 1 aliphatic heterocycles. The number of carbonyl (C=O) groups is 1. The van der Waals surface area contributed by atoms with E-state index in [1.807, 2.05) is 28.8 Å². The van der Waals surface area contributed by atoms with Gasteiger partial charge in [-0.2, -0.15) is 5.10 Å². The van der Waals surface area contributed by atoms with Crippen molar-refractivity contribution >= 4 is 5.91 Å². The van der Waals surface area contributed by atoms with E-state index < -0.39 is 0 Å². The van der Waals surface area contributed by atoms with E-state index in [9.17, 15) is 4.79 Å². The third-order valence-electron chi connectivity index (χ3n) is 5.05. The molecule has 1 aromatic heterocycles. The van der Waals surface area contributed by atoms with E-state index in [0.717, 1.165) is 25.9 Å². The van der Waals surface area contributed by atoms with Gasteiger partial charge in [0.05, 0.1) is 13.1 Å². The largest absolute Gasteiger partial charge is 0.340 e. The van der Waals surface area contributed by atoms with Crippen molar-refractivity contribution in [3.05, 3.63) is 48.0 Å². The van der Waals surface area contributed by atoms with Crippen molar-refractivity contribution in [2.75, 3.05) is 20.1 Å². The number of nitrogens with zero attached hydrogens (tertiary/aromatic N) is 5. The predicted octanol–water partition coefficient (Wildman–Crippen LogP) is 2.10. The molecule has 0 spiro atoms. The molecule has 1 atom stereocenters. The summed E-state index contributed by atoms with van der Waals surface area (Å²) in [6, 6.07) is 8.59. The zero-order valence-electron chi connectivity index (χ0n) is 15.1. The minimum Gasteiger partial charge on any atom is -0.340 e. The smallest absolute Gasteiger partial charge is 0.236 e. The Balaban J connectivity index is 1.58. The van der Waals surface area contributed by atoms with Gasteiger partial charge in [-0.3, -0.25) is 14.4 Å². The fourth-order valence-electron chi connectivity index (χ4n) is 3.44. The van der Waals surface area contributed by atoms with Crippen LogP contribution >= 0.6 is 0 Å². The molecule has 0 saturated carbocycles. The van der Waals surface area contributed by atoms with Crippen molar-refractivity contribution in [1.82, 2.24) is 24.6 Å². The molecule has 1 amide bonds. The van der Waals surface area contributed by atoms with Crippen LogP contribution < -0.4 is 0 Å². The molecule has 1 saturated heterocycles. The fraction of sp³-hybridized carbons (Fsp3) is 0.526. The van der Waals surface area contributed by atoms with Crippen LogP contribution in [0.25, 0.3) is 0 Å². The molecule has 3 rings (SSSR count). The highest BCUT2D eigenvalue weighted by molar-refractivity contribution is 5.78. The number of rotatable bonds is 6. The first-order chi connectivity index (χ1) is 12.1. The van der Waals surface area contributed by atoms with Crippen LogP contribution in [0.15, 0.2) is 36.9 Å². The first-order valence-electron chi connectivity index (χ1n) is 8.98. The fourth-order valence-corrected chi connectivity index (χ4v) is 3.44. The summed E-state index contributed by atoms with van der Waals surface area (Å²) in [7, 11) is 1.89. The maximum Gasteiger partial charge on any atom is 0.236 e. The van der Waals surface area contributed by atoms with Crippen LogP contribution in [0.1, 0.15) is 30.4 Å². The van der Waals surface area contributed by atoms with Crippen molar-refractivity contribution in [3.8, 4) is 0 Å². The molecule has 1 fully saturated rings. The predicted molar refractivity (Wildman–Crippen MR) is 96.9 cm³/mol. The maximum atomic E-state index is 12.7. The summed E-state index contributed by atoms with van der Waals surface area (Å²) in [5, 5.41) is 4.21. The number of hydrogen-bond donors (Lipinski definition) is 0. The van der Waals surface area contributed by atoms with Gasteiger partial charge in [-0.05, 0) is 37.4 Å². The second-order valence-electron chi connectivity index (χ2n) is 6.91. The summed E-state index contributed by atoms with van der Waals surface area (Å²) in [6.45, 7) is 5.00. The zero-order valence-corrected chi connectivity index (χ0v) is 15.1. The summed E-state index contributed by atoms with van der Waals surface area (Å²) in [5.74, 6) is 0.175. The Kier molecular flexibility index (Phi) is 5.81. The lowest BCUT2D eigenvalue weighted by Gasteiger charge is -2.36. The molecule has 2 heterocycles. The van der Waals surface area contributed by atoms with E-state index in [1.54, 1.807) is 12.7 Å². The maximum absolute atomic E-state index is 12.7. The number of carbonyl (C=O) groups excluding carboxylic acids is 1. The van der Waals surface area contributed by atoms with Crippen molar-refractivity contribution in [1.29, 1.82) is 0 Å². The van der Waals surface area contributed by atoms with Crippen LogP contribution in [0.3, 0.4) is 0 Å². The van der Waals surface area contributed by atoms with Gasteiger partial charge >= 0.3 is 0 Å². The van der Waals surface area contributed by atoms with E-state index in [-0.39, 0.29) is 5.91 Å². The van der Waals surface area contributed by atoms with Crippen LogP contribution in [-0.4, -0.2) is 56.7 Å². The third kappa shape index (κ3) is 4.66. The van der Waals surface area contributed by atoms with Crippen molar-refractivity contribution < 1.29 is 4.79 Å². The molecule has 2 aromatic rings. The van der Waals surface area contributed by atoms with Crippen LogP contribution in [0, 0.1) is 6.92 Å². The molecule has 0 radical (unpaired) electrons. The molecule has 25 heavy (non-hydrogen) atoms. The Morgan fingerprint density at radius 1 is 1.32 bits per heavy atom. The number of piperidine rings is 1. The highest BCUT2D eigenvalue weighted by Crippen LogP contribution is 2.18. The molecule has 0 aliphatic carbocycles. The molecule has 0 N–H and O–H groups in total. The van der Waals surface area contributed by atoms with E-state index >= 15 is 0 Å². The molecule has 134 valence electrons. The lowest BCUT2D eigenvalue weighted by Crippen LogP contribution is -2.47. The Hall–Kier alpha value is -2.21. The van der Waals surface area contributed by atoms with Crippen molar-refractivity contribution in [2.24, 2.45) is 0 Å². The molecular weight excluding hydrogens is 314 g/mol. The lowest BCUT2D eigenvalue weighted by atomic mass is 10.0. The average Bonchev–Trinajstić information content (AvgIpc) is 3.11. The van der Waals surface area contributed by atoms with E-state index in [1.165, 1.54) is 17.5 Å². The minimum absolute atomic E-state index is 0.175. The average molecular weight is 341 g/mol. The van der Waals surface area contributed by atoms with Gasteiger partial charge in [-0.15, -0.1) is 0 Å². The van der Waals surface area contributed by atoms with Crippen LogP contribution in [0.2, 0.25) is 0 Å². The molecule has 0 bridgehead atoms. The number of aromatic nitrogens is 3. The molecule has 6 nitrogen and oxygen atoms in total. The van der Waals surface area contributed by atoms with Crippen LogP contribution in [-0.2, 0) is 17.9 Å². The summed E-state index contributed by atoms with van der Waals surface area (Å²) in [6.07, 6.45) is 6.79. The zero-order chi connectivity index (χ0) is 17.6. The summed E-state index contributed by atoms with van der Waals surface area (Å²) in [5.41, 5.74) is 2.43. The van der Waals surface area contributed by atoms with Crippen LogP contribution in [0.5, 0.6) is 0 Å². The van der Waals surface area contributed by atoms with E-state index in [4.69, 9.17) is 0 Å². The Labute approximate surface area is 149 Å². The van der Waals surface area contributed by atoms with Gasteiger partial charge in [0.2, 0.25) is 5.91 Å². The SMILES string of the molecule is Cc1ccccc1CN(C)C(=O)CN1CCCC[C@@H]1Cn1cncn1. The first-order valence-corrected chi connectivity index (χ1v) is 8.98. The van der Waals surface area contributed by atoms with Crippen molar-refractivity contribution in [2.45, 2.75) is 45.3 Å². The molecule has 1 aliphatic rings. The second kappa shape index (κ2) is 8.25. The lowest BCUT2D eigenvalue weighted by molar-refractivity contribution is -0.132. The third-order valence-corrected chi connectivity index (χ3v) is 5.05. The van der Waals surface area contributed by atoms with Gasteiger partial charge in [0.25, 0.3) is 0 Å². The topological polar surface area (TPSA) is 54.3 Å². The normalized spacial score (nSPS) is 18.2. The quantitative estimate of drug-likeness (QED) is 0.807. The number of hydrogen-bond acceptors (Lipinski definition) is 4. The van der Waals surface area contributed by atoms with Gasteiger partial charge < -0.3 is 4.90 Å². The van der Waals surface area contributed by atoms with Gasteiger partial charge in [-0.1, -0.05) is 30.7 Å². The standard InChI is InChI=1S/C19H27N5O/c1-16-7-3-4-8-17(16)11-22(2)19(25)13-23-10-6-5-9-18(23)12-24-15-20-14-21-24/h3-4,7-8,14-15,18H,5-6,9-13H2,1-2H3/t18-/m1/s1. The van der Waals surface area contributed by atoms with Crippen LogP contribution in [0.4, 0.5) is 0 Å². The molecule has 0 unspecified atom stereocenters. The second-order valence-corrected chi connectivity index (χ2v) is 6.91. The minimum atomic E-state index is 0.175. The van der Waals surface area contributed by atoms with E-state index in [2.05, 4.69) is 34.0 Å². The Bertz CT molecular complexity index is 685. The highest BCUT2D eigenvalue weighted by atomic mass is 16.2. The first kappa shape index (κ1) is 17.6. The summed E-state index contributed by atoms with van der Waals surface area (Å²) in [4.78, 5) is 20.9. The summed E-state index contributed by atoms with van der Waals surface area (Å²) < 4.78 is 1.87. The monoisotopic (exact) mass is 341 g/mol. The van der Waals surface area contributed by atoms with Gasteiger partial charge in [0, 0.05) is 19.6 Å². The molecule has 6 heteroatoms. The number of likely N-dealkylation sites (tertiary alicyclic amines) is 1. The van der Waals surface area contributed by atoms with E-state index in [0.29, 0.717) is 19.1 Å². The van der Waals surface area contributed by atoms with Gasteiger partial charge in [0.15, 0.2) is 0 Å². The number of aryl methyl sites for hydroxylation is 1. The molecular formula is C19H27N5O. The Morgan fingerprint density at radius 2 is 2.16 bits per heavy atom. The highest BCUT2D eigenvalue weighted by Gasteiger charge is 2.26. The molecule has 1 aromatic carbocycles. The Morgan fingerprint density at radius 3 is 2.92 bits per heavy atom. The van der Waals surface area contributed by atoms with Gasteiger partial charge in [0.1, 0.15) is 12.7 Å². The number of benzene rings is 1.